The number of hydrogen-bond donors (Lipinski definition) is 1. The zero-order valence-electron chi connectivity index (χ0n) is 12.2. The number of nitrogens with zero attached hydrogens (tertiary/aromatic N) is 1. The molecule has 1 fully saturated rings. The van der Waals surface area contributed by atoms with Crippen LogP contribution in [0.5, 0.6) is 5.75 Å². The molecule has 1 aliphatic heterocycles. The maximum Gasteiger partial charge on any atom is 0.415 e. The van der Waals surface area contributed by atoms with Gasteiger partial charge in [0, 0.05) is 13.1 Å². The van der Waals surface area contributed by atoms with Crippen LogP contribution in [0.4, 0.5) is 4.79 Å². The molecule has 1 aliphatic rings. The van der Waals surface area contributed by atoms with Crippen molar-refractivity contribution in [3.05, 3.63) is 42.0 Å². The summed E-state index contributed by atoms with van der Waals surface area (Å²) in [7, 11) is 0. The van der Waals surface area contributed by atoms with Gasteiger partial charge in [-0.25, -0.2) is 4.79 Å². The number of piperidine rings is 1. The Kier molecular flexibility index (Phi) is 3.96. The van der Waals surface area contributed by atoms with Crippen molar-refractivity contribution in [2.24, 2.45) is 5.73 Å². The fourth-order valence-electron chi connectivity index (χ4n) is 2.83. The van der Waals surface area contributed by atoms with E-state index < -0.39 is 12.0 Å². The Balaban J connectivity index is 1.94. The van der Waals surface area contributed by atoms with Crippen molar-refractivity contribution in [2.45, 2.75) is 19.3 Å². The van der Waals surface area contributed by atoms with E-state index in [-0.39, 0.29) is 11.3 Å². The second-order valence-electron chi connectivity index (χ2n) is 5.44. The van der Waals surface area contributed by atoms with Crippen LogP contribution >= 0.6 is 0 Å². The highest BCUT2D eigenvalue weighted by atomic mass is 16.6. The van der Waals surface area contributed by atoms with E-state index in [9.17, 15) is 9.59 Å². The molecule has 1 saturated heterocycles. The van der Waals surface area contributed by atoms with Crippen LogP contribution in [0.3, 0.4) is 0 Å². The number of fused-ring (bicyclic) bond motifs is 1. The molecule has 0 bridgehead atoms. The van der Waals surface area contributed by atoms with Gasteiger partial charge in [0.2, 0.25) is 0 Å². The molecule has 2 aromatic carbocycles. The van der Waals surface area contributed by atoms with Crippen LogP contribution in [0.1, 0.15) is 29.6 Å². The first-order chi connectivity index (χ1) is 10.7. The minimum atomic E-state index is -0.599. The number of primary amides is 1. The van der Waals surface area contributed by atoms with Crippen LogP contribution in [-0.2, 0) is 0 Å². The smallest absolute Gasteiger partial charge is 0.409 e. The first kappa shape index (κ1) is 14.4. The Morgan fingerprint density at radius 2 is 1.73 bits per heavy atom. The summed E-state index contributed by atoms with van der Waals surface area (Å²) in [5.41, 5.74) is 5.74. The molecule has 114 valence electrons. The topological polar surface area (TPSA) is 72.6 Å². The molecular weight excluding hydrogens is 280 g/mol. The van der Waals surface area contributed by atoms with Crippen molar-refractivity contribution < 1.29 is 14.3 Å². The quantitative estimate of drug-likeness (QED) is 0.926. The highest BCUT2D eigenvalue weighted by Gasteiger charge is 2.21. The summed E-state index contributed by atoms with van der Waals surface area (Å²) in [5, 5.41) is 1.58. The largest absolute Gasteiger partial charge is 0.415 e. The van der Waals surface area contributed by atoms with E-state index in [1.807, 2.05) is 24.3 Å². The summed E-state index contributed by atoms with van der Waals surface area (Å²) in [6.45, 7) is 1.39. The van der Waals surface area contributed by atoms with Gasteiger partial charge >= 0.3 is 6.09 Å². The Morgan fingerprint density at radius 3 is 2.45 bits per heavy atom. The lowest BCUT2D eigenvalue weighted by atomic mass is 10.0. The van der Waals surface area contributed by atoms with Crippen LogP contribution < -0.4 is 10.5 Å². The number of ether oxygens (including phenoxy) is 1. The van der Waals surface area contributed by atoms with Gasteiger partial charge in [-0.3, -0.25) is 4.79 Å². The second-order valence-corrected chi connectivity index (χ2v) is 5.44. The average Bonchev–Trinajstić information content (AvgIpc) is 2.55. The fraction of sp³-hybridized carbons (Fsp3) is 0.294. The van der Waals surface area contributed by atoms with Crippen molar-refractivity contribution >= 4 is 22.8 Å². The van der Waals surface area contributed by atoms with Gasteiger partial charge in [-0.1, -0.05) is 30.3 Å². The molecule has 3 rings (SSSR count). The summed E-state index contributed by atoms with van der Waals surface area (Å²) < 4.78 is 5.44. The SMILES string of the molecule is NC(=O)c1c(OC(=O)N2CCCCC2)ccc2ccccc12. The predicted molar refractivity (Wildman–Crippen MR) is 83.9 cm³/mol. The molecule has 2 aromatic rings. The maximum atomic E-state index is 12.2. The number of amides is 2. The van der Waals surface area contributed by atoms with Gasteiger partial charge in [0.1, 0.15) is 5.75 Å². The summed E-state index contributed by atoms with van der Waals surface area (Å²) in [5.74, 6) is -0.375. The zero-order valence-corrected chi connectivity index (χ0v) is 12.2. The number of likely N-dealkylation sites (tertiary alicyclic amines) is 1. The standard InChI is InChI=1S/C17H18N2O3/c18-16(20)15-13-7-3-2-6-12(13)8-9-14(15)22-17(21)19-10-4-1-5-11-19/h2-3,6-9H,1,4-5,10-11H2,(H2,18,20). The first-order valence-electron chi connectivity index (χ1n) is 7.45. The van der Waals surface area contributed by atoms with E-state index in [2.05, 4.69) is 0 Å². The van der Waals surface area contributed by atoms with Crippen LogP contribution in [0.25, 0.3) is 10.8 Å². The lowest BCUT2D eigenvalue weighted by Crippen LogP contribution is -2.37. The zero-order chi connectivity index (χ0) is 15.5. The molecule has 0 aliphatic carbocycles. The molecule has 0 radical (unpaired) electrons. The number of benzene rings is 2. The van der Waals surface area contributed by atoms with Crippen molar-refractivity contribution in [1.82, 2.24) is 4.90 Å². The Hall–Kier alpha value is -2.56. The van der Waals surface area contributed by atoms with E-state index in [4.69, 9.17) is 10.5 Å². The fourth-order valence-corrected chi connectivity index (χ4v) is 2.83. The third kappa shape index (κ3) is 2.74. The molecular formula is C17H18N2O3. The minimum absolute atomic E-state index is 0.224. The second kappa shape index (κ2) is 6.05. The number of carbonyl (C=O) groups is 2. The van der Waals surface area contributed by atoms with Gasteiger partial charge in [-0.15, -0.1) is 0 Å². The number of nitrogens with two attached hydrogens (primary N) is 1. The van der Waals surface area contributed by atoms with Gasteiger partial charge < -0.3 is 15.4 Å². The summed E-state index contributed by atoms with van der Waals surface area (Å²) in [6.07, 6.45) is 2.68. The minimum Gasteiger partial charge on any atom is -0.409 e. The van der Waals surface area contributed by atoms with E-state index >= 15 is 0 Å². The number of carbonyl (C=O) groups excluding carboxylic acids is 2. The summed E-state index contributed by atoms with van der Waals surface area (Å²) in [4.78, 5) is 25.7. The van der Waals surface area contributed by atoms with Crippen molar-refractivity contribution in [1.29, 1.82) is 0 Å². The average molecular weight is 298 g/mol. The van der Waals surface area contributed by atoms with Crippen molar-refractivity contribution in [3.63, 3.8) is 0 Å². The number of rotatable bonds is 2. The van der Waals surface area contributed by atoms with Gasteiger partial charge in [0.15, 0.2) is 0 Å². The lowest BCUT2D eigenvalue weighted by molar-refractivity contribution is 0.0998. The van der Waals surface area contributed by atoms with E-state index in [0.29, 0.717) is 18.5 Å². The van der Waals surface area contributed by atoms with Crippen molar-refractivity contribution in [2.75, 3.05) is 13.1 Å². The van der Waals surface area contributed by atoms with Gasteiger partial charge in [0.25, 0.3) is 5.91 Å². The van der Waals surface area contributed by atoms with Crippen molar-refractivity contribution in [3.8, 4) is 5.75 Å². The highest BCUT2D eigenvalue weighted by molar-refractivity contribution is 6.09. The molecule has 5 heteroatoms. The van der Waals surface area contributed by atoms with Gasteiger partial charge in [0.05, 0.1) is 5.56 Å². The summed E-state index contributed by atoms with van der Waals surface area (Å²) >= 11 is 0. The van der Waals surface area contributed by atoms with E-state index in [1.54, 1.807) is 17.0 Å². The third-order valence-electron chi connectivity index (χ3n) is 3.95. The molecule has 2 N–H and O–H groups in total. The predicted octanol–water partition coefficient (Wildman–Crippen LogP) is 2.92. The Labute approximate surface area is 128 Å². The van der Waals surface area contributed by atoms with Crippen LogP contribution in [0, 0.1) is 0 Å². The maximum absolute atomic E-state index is 12.2. The van der Waals surface area contributed by atoms with Gasteiger partial charge in [-0.05, 0) is 36.1 Å². The van der Waals surface area contributed by atoms with E-state index in [0.717, 1.165) is 24.6 Å². The Morgan fingerprint density at radius 1 is 1.00 bits per heavy atom. The highest BCUT2D eigenvalue weighted by Crippen LogP contribution is 2.28. The first-order valence-corrected chi connectivity index (χ1v) is 7.45. The molecule has 0 atom stereocenters. The molecule has 0 aromatic heterocycles. The molecule has 22 heavy (non-hydrogen) atoms. The van der Waals surface area contributed by atoms with Crippen LogP contribution in [-0.4, -0.2) is 30.0 Å². The molecule has 1 heterocycles. The normalized spacial score (nSPS) is 14.8. The molecule has 0 spiro atoms. The molecule has 0 saturated carbocycles. The number of hydrogen-bond acceptors (Lipinski definition) is 3. The van der Waals surface area contributed by atoms with Gasteiger partial charge in [-0.2, -0.15) is 0 Å². The van der Waals surface area contributed by atoms with Crippen LogP contribution in [0.2, 0.25) is 0 Å². The third-order valence-corrected chi connectivity index (χ3v) is 3.95. The monoisotopic (exact) mass is 298 g/mol. The molecule has 5 nitrogen and oxygen atoms in total. The lowest BCUT2D eigenvalue weighted by Gasteiger charge is -2.26. The summed E-state index contributed by atoms with van der Waals surface area (Å²) in [6, 6.07) is 10.8. The van der Waals surface area contributed by atoms with Crippen LogP contribution in [0.15, 0.2) is 36.4 Å². The van der Waals surface area contributed by atoms with E-state index in [1.165, 1.54) is 0 Å². The molecule has 2 amide bonds. The Bertz CT molecular complexity index is 721. The molecule has 0 unspecified atom stereocenters.